The first-order chi connectivity index (χ1) is 12.6. The zero-order valence-corrected chi connectivity index (χ0v) is 13.8. The fourth-order valence-corrected chi connectivity index (χ4v) is 3.61. The highest BCUT2D eigenvalue weighted by Crippen LogP contribution is 2.45. The Morgan fingerprint density at radius 3 is 2.19 bits per heavy atom. The third-order valence-electron chi connectivity index (χ3n) is 4.66. The number of imide groups is 1. The number of benzene rings is 2. The first kappa shape index (κ1) is 16.4. The van der Waals surface area contributed by atoms with Crippen LogP contribution in [-0.4, -0.2) is 35.4 Å². The Bertz CT molecular complexity index is 856. The Balaban J connectivity index is 1.73. The van der Waals surface area contributed by atoms with E-state index in [0.29, 0.717) is 5.69 Å². The Hall–Kier alpha value is -3.03. The largest absolute Gasteiger partial charge is 0.368 e. The molecule has 3 atom stereocenters. The third kappa shape index (κ3) is 2.58. The first-order valence-corrected chi connectivity index (χ1v) is 8.27. The van der Waals surface area contributed by atoms with Crippen molar-refractivity contribution in [3.05, 3.63) is 66.2 Å². The molecule has 2 saturated heterocycles. The van der Waals surface area contributed by atoms with E-state index in [1.54, 1.807) is 24.3 Å². The van der Waals surface area contributed by atoms with Gasteiger partial charge in [0.25, 0.3) is 5.91 Å². The Labute approximate surface area is 149 Å². The molecule has 4 rings (SSSR count). The summed E-state index contributed by atoms with van der Waals surface area (Å²) in [6.07, 6.45) is -0.965. The lowest BCUT2D eigenvalue weighted by atomic mass is 9.91. The van der Waals surface area contributed by atoms with Crippen molar-refractivity contribution in [3.8, 4) is 0 Å². The average Bonchev–Trinajstić information content (AvgIpc) is 3.12. The lowest BCUT2D eigenvalue weighted by Crippen LogP contribution is -2.40. The van der Waals surface area contributed by atoms with Gasteiger partial charge in [-0.1, -0.05) is 48.5 Å². The minimum atomic E-state index is -0.965. The Kier molecular flexibility index (Phi) is 4.02. The number of para-hydroxylation sites is 1. The van der Waals surface area contributed by atoms with Crippen LogP contribution in [0.15, 0.2) is 60.7 Å². The van der Waals surface area contributed by atoms with Crippen LogP contribution in [0, 0.1) is 5.92 Å². The van der Waals surface area contributed by atoms with Gasteiger partial charge in [-0.2, -0.15) is 5.06 Å². The number of primary amides is 1. The van der Waals surface area contributed by atoms with E-state index >= 15 is 0 Å². The van der Waals surface area contributed by atoms with Gasteiger partial charge in [-0.3, -0.25) is 19.2 Å². The zero-order chi connectivity index (χ0) is 18.3. The van der Waals surface area contributed by atoms with E-state index in [0.717, 1.165) is 10.5 Å². The fraction of sp³-hybridized carbons (Fsp3) is 0.211. The lowest BCUT2D eigenvalue weighted by Gasteiger charge is -2.26. The van der Waals surface area contributed by atoms with Gasteiger partial charge in [-0.15, -0.1) is 0 Å². The van der Waals surface area contributed by atoms with E-state index < -0.39 is 29.9 Å². The molecule has 132 valence electrons. The van der Waals surface area contributed by atoms with E-state index in [9.17, 15) is 14.4 Å². The van der Waals surface area contributed by atoms with Crippen LogP contribution in [-0.2, 0) is 19.2 Å². The SMILES string of the molecule is NC(=O)CN1OC2C(=O)N(c3ccccc3)C(=O)C2C1c1ccccc1. The van der Waals surface area contributed by atoms with Crippen molar-refractivity contribution >= 4 is 23.4 Å². The predicted octanol–water partition coefficient (Wildman–Crippen LogP) is 1.02. The van der Waals surface area contributed by atoms with Crippen LogP contribution in [0.2, 0.25) is 0 Å². The van der Waals surface area contributed by atoms with Gasteiger partial charge in [-0.25, -0.2) is 4.90 Å². The number of hydrogen-bond donors (Lipinski definition) is 1. The minimum Gasteiger partial charge on any atom is -0.368 e. The number of rotatable bonds is 4. The summed E-state index contributed by atoms with van der Waals surface area (Å²) in [4.78, 5) is 44.2. The zero-order valence-electron chi connectivity index (χ0n) is 13.8. The molecule has 2 aromatic rings. The van der Waals surface area contributed by atoms with Crippen LogP contribution in [0.4, 0.5) is 5.69 Å². The molecule has 0 aromatic heterocycles. The summed E-state index contributed by atoms with van der Waals surface area (Å²) in [6.45, 7) is -0.196. The van der Waals surface area contributed by atoms with Crippen molar-refractivity contribution in [1.82, 2.24) is 5.06 Å². The van der Waals surface area contributed by atoms with Crippen molar-refractivity contribution in [1.29, 1.82) is 0 Å². The monoisotopic (exact) mass is 351 g/mol. The lowest BCUT2D eigenvalue weighted by molar-refractivity contribution is -0.175. The smallest absolute Gasteiger partial charge is 0.265 e. The van der Waals surface area contributed by atoms with Crippen LogP contribution < -0.4 is 10.6 Å². The van der Waals surface area contributed by atoms with Gasteiger partial charge in [0.1, 0.15) is 6.54 Å². The summed E-state index contributed by atoms with van der Waals surface area (Å²) < 4.78 is 0. The molecular weight excluding hydrogens is 334 g/mol. The highest BCUT2D eigenvalue weighted by atomic mass is 16.7. The molecule has 2 aliphatic rings. The molecule has 0 saturated carbocycles. The number of anilines is 1. The number of fused-ring (bicyclic) bond motifs is 1. The molecule has 0 radical (unpaired) electrons. The maximum Gasteiger partial charge on any atom is 0.265 e. The second-order valence-corrected chi connectivity index (χ2v) is 6.30. The van der Waals surface area contributed by atoms with Crippen molar-refractivity contribution in [2.75, 3.05) is 11.4 Å². The van der Waals surface area contributed by atoms with Crippen molar-refractivity contribution in [2.24, 2.45) is 11.7 Å². The summed E-state index contributed by atoms with van der Waals surface area (Å²) in [6, 6.07) is 17.4. The van der Waals surface area contributed by atoms with E-state index in [1.165, 1.54) is 5.06 Å². The molecule has 2 fully saturated rings. The van der Waals surface area contributed by atoms with Crippen LogP contribution in [0.5, 0.6) is 0 Å². The first-order valence-electron chi connectivity index (χ1n) is 8.27. The highest BCUT2D eigenvalue weighted by molar-refractivity contribution is 6.23. The third-order valence-corrected chi connectivity index (χ3v) is 4.66. The molecule has 7 heteroatoms. The van der Waals surface area contributed by atoms with Gasteiger partial charge >= 0.3 is 0 Å². The number of hydroxylamine groups is 2. The van der Waals surface area contributed by atoms with Crippen LogP contribution >= 0.6 is 0 Å². The van der Waals surface area contributed by atoms with Gasteiger partial charge in [0.05, 0.1) is 17.6 Å². The van der Waals surface area contributed by atoms with E-state index in [1.807, 2.05) is 36.4 Å². The predicted molar refractivity (Wildman–Crippen MR) is 92.4 cm³/mol. The normalized spacial score (nSPS) is 25.5. The minimum absolute atomic E-state index is 0.196. The topological polar surface area (TPSA) is 92.9 Å². The van der Waals surface area contributed by atoms with Gasteiger partial charge in [0.2, 0.25) is 11.8 Å². The maximum absolute atomic E-state index is 13.1. The Morgan fingerprint density at radius 1 is 0.962 bits per heavy atom. The van der Waals surface area contributed by atoms with E-state index in [4.69, 9.17) is 10.6 Å². The Morgan fingerprint density at radius 2 is 1.58 bits per heavy atom. The number of carbonyl (C=O) groups is 3. The summed E-state index contributed by atoms with van der Waals surface area (Å²) in [7, 11) is 0. The molecule has 26 heavy (non-hydrogen) atoms. The van der Waals surface area contributed by atoms with E-state index in [2.05, 4.69) is 0 Å². The number of hydrogen-bond acceptors (Lipinski definition) is 5. The summed E-state index contributed by atoms with van der Waals surface area (Å²) in [5, 5.41) is 1.35. The number of carbonyl (C=O) groups excluding carboxylic acids is 3. The molecule has 2 N–H and O–H groups in total. The van der Waals surface area contributed by atoms with Gasteiger partial charge < -0.3 is 5.73 Å². The molecule has 3 unspecified atom stereocenters. The molecule has 7 nitrogen and oxygen atoms in total. The molecule has 2 aliphatic heterocycles. The molecule has 3 amide bonds. The van der Waals surface area contributed by atoms with Gasteiger partial charge in [0, 0.05) is 0 Å². The van der Waals surface area contributed by atoms with Crippen LogP contribution in [0.3, 0.4) is 0 Å². The number of nitrogens with zero attached hydrogens (tertiary/aromatic N) is 2. The molecule has 0 spiro atoms. The number of nitrogens with two attached hydrogens (primary N) is 1. The molecule has 0 bridgehead atoms. The van der Waals surface area contributed by atoms with Crippen molar-refractivity contribution < 1.29 is 19.2 Å². The van der Waals surface area contributed by atoms with Crippen LogP contribution in [0.1, 0.15) is 11.6 Å². The maximum atomic E-state index is 13.1. The standard InChI is InChI=1S/C19H17N3O4/c20-14(23)11-21-16(12-7-3-1-4-8-12)15-17(26-21)19(25)22(18(15)24)13-9-5-2-6-10-13/h1-10,15-17H,11H2,(H2,20,23). The highest BCUT2D eigenvalue weighted by Gasteiger charge is 2.60. The quantitative estimate of drug-likeness (QED) is 0.830. The molecule has 2 heterocycles. The van der Waals surface area contributed by atoms with Crippen molar-refractivity contribution in [2.45, 2.75) is 12.1 Å². The fourth-order valence-electron chi connectivity index (χ4n) is 3.61. The van der Waals surface area contributed by atoms with Crippen molar-refractivity contribution in [3.63, 3.8) is 0 Å². The van der Waals surface area contributed by atoms with Gasteiger partial charge in [0.15, 0.2) is 6.10 Å². The average molecular weight is 351 g/mol. The second-order valence-electron chi connectivity index (χ2n) is 6.30. The number of amides is 3. The molecule has 0 aliphatic carbocycles. The summed E-state index contributed by atoms with van der Waals surface area (Å²) in [5.74, 6) is -2.10. The summed E-state index contributed by atoms with van der Waals surface area (Å²) in [5.41, 5.74) is 6.61. The summed E-state index contributed by atoms with van der Waals surface area (Å²) >= 11 is 0. The molecular formula is C19H17N3O4. The van der Waals surface area contributed by atoms with E-state index in [-0.39, 0.29) is 12.5 Å². The van der Waals surface area contributed by atoms with Crippen LogP contribution in [0.25, 0.3) is 0 Å². The molecule has 2 aromatic carbocycles. The second kappa shape index (κ2) is 6.36. The van der Waals surface area contributed by atoms with Gasteiger partial charge in [-0.05, 0) is 17.7 Å².